The Morgan fingerprint density at radius 2 is 2.00 bits per heavy atom. The molecule has 0 bridgehead atoms. The standard InChI is InChI=1S/C18H26N2O2/c21-18(16-8-4-5-9-16)19-10-11-20-12-13-22-17(14-20)15-6-2-1-3-7-15/h1-3,6-7,16-17H,4-5,8-14H2,(H,19,21)/t17-/m0/s1. The lowest BCUT2D eigenvalue weighted by Crippen LogP contribution is -2.43. The first-order chi connectivity index (χ1) is 10.8. The number of carbonyl (C=O) groups is 1. The molecule has 4 nitrogen and oxygen atoms in total. The number of ether oxygens (including phenoxy) is 1. The number of morpholine rings is 1. The van der Waals surface area contributed by atoms with Gasteiger partial charge in [-0.2, -0.15) is 0 Å². The van der Waals surface area contributed by atoms with Gasteiger partial charge in [-0.1, -0.05) is 43.2 Å². The molecule has 1 N–H and O–H groups in total. The van der Waals surface area contributed by atoms with E-state index >= 15 is 0 Å². The third-order valence-corrected chi connectivity index (χ3v) is 4.78. The summed E-state index contributed by atoms with van der Waals surface area (Å²) in [4.78, 5) is 14.4. The molecule has 1 heterocycles. The zero-order chi connectivity index (χ0) is 15.2. The summed E-state index contributed by atoms with van der Waals surface area (Å²) in [6, 6.07) is 10.4. The number of hydrogen-bond acceptors (Lipinski definition) is 3. The van der Waals surface area contributed by atoms with Crippen LogP contribution in [-0.4, -0.2) is 43.6 Å². The van der Waals surface area contributed by atoms with Crippen LogP contribution < -0.4 is 5.32 Å². The highest BCUT2D eigenvalue weighted by atomic mass is 16.5. The van der Waals surface area contributed by atoms with E-state index in [-0.39, 0.29) is 17.9 Å². The molecule has 0 unspecified atom stereocenters. The Hall–Kier alpha value is -1.39. The van der Waals surface area contributed by atoms with Crippen molar-refractivity contribution in [2.24, 2.45) is 5.92 Å². The number of benzene rings is 1. The summed E-state index contributed by atoms with van der Waals surface area (Å²) in [5, 5.41) is 3.11. The lowest BCUT2D eigenvalue weighted by molar-refractivity contribution is -0.124. The fraction of sp³-hybridized carbons (Fsp3) is 0.611. The number of nitrogens with one attached hydrogen (secondary N) is 1. The van der Waals surface area contributed by atoms with Gasteiger partial charge in [-0.25, -0.2) is 0 Å². The number of hydrogen-bond donors (Lipinski definition) is 1. The Morgan fingerprint density at radius 1 is 1.23 bits per heavy atom. The van der Waals surface area contributed by atoms with Crippen LogP contribution in [0.25, 0.3) is 0 Å². The maximum Gasteiger partial charge on any atom is 0.223 e. The zero-order valence-electron chi connectivity index (χ0n) is 13.2. The molecule has 1 saturated heterocycles. The minimum atomic E-state index is 0.153. The van der Waals surface area contributed by atoms with Gasteiger partial charge in [-0.3, -0.25) is 9.69 Å². The normalized spacial score (nSPS) is 23.5. The molecule has 4 heteroatoms. The highest BCUT2D eigenvalue weighted by molar-refractivity contribution is 5.78. The van der Waals surface area contributed by atoms with Crippen molar-refractivity contribution >= 4 is 5.91 Å². The van der Waals surface area contributed by atoms with Gasteiger partial charge in [-0.15, -0.1) is 0 Å². The molecule has 1 amide bonds. The summed E-state index contributed by atoms with van der Waals surface area (Å²) in [6.45, 7) is 4.27. The molecule has 1 aromatic rings. The maximum absolute atomic E-state index is 12.0. The van der Waals surface area contributed by atoms with E-state index in [0.29, 0.717) is 0 Å². The minimum Gasteiger partial charge on any atom is -0.371 e. The largest absolute Gasteiger partial charge is 0.371 e. The van der Waals surface area contributed by atoms with Gasteiger partial charge in [0.15, 0.2) is 0 Å². The molecule has 1 aliphatic heterocycles. The summed E-state index contributed by atoms with van der Waals surface area (Å²) in [5.74, 6) is 0.520. The molecule has 1 aliphatic carbocycles. The number of amides is 1. The molecule has 1 atom stereocenters. The van der Waals surface area contributed by atoms with E-state index in [4.69, 9.17) is 4.74 Å². The second-order valence-electron chi connectivity index (χ2n) is 6.34. The molecule has 0 spiro atoms. The van der Waals surface area contributed by atoms with E-state index in [0.717, 1.165) is 45.6 Å². The third-order valence-electron chi connectivity index (χ3n) is 4.78. The first-order valence-electron chi connectivity index (χ1n) is 8.49. The average Bonchev–Trinajstić information content (AvgIpc) is 3.10. The van der Waals surface area contributed by atoms with Crippen LogP contribution in [0, 0.1) is 5.92 Å². The van der Waals surface area contributed by atoms with Crippen molar-refractivity contribution in [2.75, 3.05) is 32.8 Å². The SMILES string of the molecule is O=C(NCCN1CCO[C@H](c2ccccc2)C1)C1CCCC1. The molecular weight excluding hydrogens is 276 g/mol. The molecule has 1 aromatic carbocycles. The fourth-order valence-electron chi connectivity index (χ4n) is 3.44. The second-order valence-corrected chi connectivity index (χ2v) is 6.34. The zero-order valence-corrected chi connectivity index (χ0v) is 13.2. The summed E-state index contributed by atoms with van der Waals surface area (Å²) < 4.78 is 5.87. The van der Waals surface area contributed by atoms with Gasteiger partial charge >= 0.3 is 0 Å². The second kappa shape index (κ2) is 7.75. The monoisotopic (exact) mass is 302 g/mol. The van der Waals surface area contributed by atoms with E-state index < -0.39 is 0 Å². The van der Waals surface area contributed by atoms with Crippen LogP contribution in [0.1, 0.15) is 37.4 Å². The quantitative estimate of drug-likeness (QED) is 0.908. The van der Waals surface area contributed by atoms with Crippen molar-refractivity contribution in [1.82, 2.24) is 10.2 Å². The van der Waals surface area contributed by atoms with Gasteiger partial charge in [0.2, 0.25) is 5.91 Å². The van der Waals surface area contributed by atoms with E-state index in [2.05, 4.69) is 34.5 Å². The van der Waals surface area contributed by atoms with Gasteiger partial charge in [0.05, 0.1) is 12.7 Å². The Balaban J connectivity index is 1.42. The molecule has 1 saturated carbocycles. The predicted octanol–water partition coefficient (Wildman–Crippen LogP) is 2.37. The molecular formula is C18H26N2O2. The van der Waals surface area contributed by atoms with Crippen LogP contribution in [0.5, 0.6) is 0 Å². The smallest absolute Gasteiger partial charge is 0.223 e. The maximum atomic E-state index is 12.0. The van der Waals surface area contributed by atoms with Crippen molar-refractivity contribution < 1.29 is 9.53 Å². The fourth-order valence-corrected chi connectivity index (χ4v) is 3.44. The van der Waals surface area contributed by atoms with Crippen molar-refractivity contribution in [1.29, 1.82) is 0 Å². The molecule has 120 valence electrons. The van der Waals surface area contributed by atoms with Gasteiger partial charge in [0, 0.05) is 32.1 Å². The number of rotatable bonds is 5. The lowest BCUT2D eigenvalue weighted by Gasteiger charge is -2.33. The Kier molecular flexibility index (Phi) is 5.46. The Bertz CT molecular complexity index is 471. The van der Waals surface area contributed by atoms with E-state index in [9.17, 15) is 4.79 Å². The lowest BCUT2D eigenvalue weighted by atomic mass is 10.1. The molecule has 3 rings (SSSR count). The van der Waals surface area contributed by atoms with Gasteiger partial charge < -0.3 is 10.1 Å². The molecule has 22 heavy (non-hydrogen) atoms. The van der Waals surface area contributed by atoms with Crippen LogP contribution >= 0.6 is 0 Å². The van der Waals surface area contributed by atoms with Crippen LogP contribution in [-0.2, 0) is 9.53 Å². The van der Waals surface area contributed by atoms with Crippen molar-refractivity contribution in [3.63, 3.8) is 0 Å². The third kappa shape index (κ3) is 4.08. The summed E-state index contributed by atoms with van der Waals surface area (Å²) in [6.07, 6.45) is 4.71. The molecule has 2 aliphatic rings. The first-order valence-corrected chi connectivity index (χ1v) is 8.49. The Morgan fingerprint density at radius 3 is 2.77 bits per heavy atom. The predicted molar refractivity (Wildman–Crippen MR) is 86.5 cm³/mol. The first kappa shape index (κ1) is 15.5. The van der Waals surface area contributed by atoms with E-state index in [1.165, 1.54) is 18.4 Å². The van der Waals surface area contributed by atoms with E-state index in [1.54, 1.807) is 0 Å². The molecule has 0 radical (unpaired) electrons. The Labute approximate surface area is 132 Å². The van der Waals surface area contributed by atoms with Crippen molar-refractivity contribution in [3.05, 3.63) is 35.9 Å². The minimum absolute atomic E-state index is 0.153. The summed E-state index contributed by atoms with van der Waals surface area (Å²) in [7, 11) is 0. The topological polar surface area (TPSA) is 41.6 Å². The van der Waals surface area contributed by atoms with E-state index in [1.807, 2.05) is 6.07 Å². The average molecular weight is 302 g/mol. The van der Waals surface area contributed by atoms with Gasteiger partial charge in [-0.05, 0) is 18.4 Å². The summed E-state index contributed by atoms with van der Waals surface area (Å²) in [5.41, 5.74) is 1.24. The van der Waals surface area contributed by atoms with Gasteiger partial charge in [0.1, 0.15) is 0 Å². The summed E-state index contributed by atoms with van der Waals surface area (Å²) >= 11 is 0. The number of nitrogens with zero attached hydrogens (tertiary/aromatic N) is 1. The van der Waals surface area contributed by atoms with Gasteiger partial charge in [0.25, 0.3) is 0 Å². The highest BCUT2D eigenvalue weighted by Gasteiger charge is 2.24. The van der Waals surface area contributed by atoms with Crippen LogP contribution in [0.2, 0.25) is 0 Å². The van der Waals surface area contributed by atoms with Crippen molar-refractivity contribution in [2.45, 2.75) is 31.8 Å². The van der Waals surface area contributed by atoms with Crippen LogP contribution in [0.3, 0.4) is 0 Å². The van der Waals surface area contributed by atoms with Crippen molar-refractivity contribution in [3.8, 4) is 0 Å². The molecule has 2 fully saturated rings. The van der Waals surface area contributed by atoms with Crippen LogP contribution in [0.15, 0.2) is 30.3 Å². The molecule has 0 aromatic heterocycles. The highest BCUT2D eigenvalue weighted by Crippen LogP contribution is 2.24. The number of carbonyl (C=O) groups excluding carboxylic acids is 1. The van der Waals surface area contributed by atoms with Crippen LogP contribution in [0.4, 0.5) is 0 Å².